The number of nitrogens with zero attached hydrogens (tertiary/aromatic N) is 3. The van der Waals surface area contributed by atoms with Gasteiger partial charge < -0.3 is 15.3 Å². The molecule has 108 valence electrons. The maximum Gasteiger partial charge on any atom is 0.255 e. The van der Waals surface area contributed by atoms with Crippen LogP contribution in [0.2, 0.25) is 5.02 Å². The van der Waals surface area contributed by atoms with Gasteiger partial charge in [0.25, 0.3) is 6.43 Å². The van der Waals surface area contributed by atoms with Crippen LogP contribution in [0.1, 0.15) is 13.3 Å². The Hall–Kier alpha value is -1.21. The molecule has 0 spiro atoms. The van der Waals surface area contributed by atoms with E-state index in [1.165, 1.54) is 11.1 Å². The van der Waals surface area contributed by atoms with Crippen LogP contribution in [-0.4, -0.2) is 47.7 Å². The number of aliphatic hydroxyl groups is 1. The number of hydrogen-bond donors (Lipinski definition) is 2. The zero-order valence-electron chi connectivity index (χ0n) is 10.6. The summed E-state index contributed by atoms with van der Waals surface area (Å²) in [6, 6.07) is 0. The monoisotopic (exact) mass is 294 g/mol. The zero-order chi connectivity index (χ0) is 14.3. The van der Waals surface area contributed by atoms with Crippen LogP contribution >= 0.6 is 11.6 Å². The van der Waals surface area contributed by atoms with Gasteiger partial charge in [0, 0.05) is 13.1 Å². The van der Waals surface area contributed by atoms with Crippen LogP contribution < -0.4 is 10.2 Å². The molecule has 0 unspecified atom stereocenters. The lowest BCUT2D eigenvalue weighted by atomic mass is 10.4. The molecule has 0 aromatic carbocycles. The van der Waals surface area contributed by atoms with Crippen molar-refractivity contribution in [3.63, 3.8) is 0 Å². The van der Waals surface area contributed by atoms with E-state index in [1.807, 2.05) is 6.92 Å². The van der Waals surface area contributed by atoms with Gasteiger partial charge in [-0.15, -0.1) is 0 Å². The van der Waals surface area contributed by atoms with E-state index in [-0.39, 0.29) is 24.0 Å². The molecule has 8 heteroatoms. The fourth-order valence-corrected chi connectivity index (χ4v) is 1.68. The highest BCUT2D eigenvalue weighted by Crippen LogP contribution is 2.24. The van der Waals surface area contributed by atoms with Crippen LogP contribution in [0.5, 0.6) is 0 Å². The van der Waals surface area contributed by atoms with Gasteiger partial charge in [0.2, 0.25) is 5.95 Å². The summed E-state index contributed by atoms with van der Waals surface area (Å²) >= 11 is 5.92. The average Bonchev–Trinajstić information content (AvgIpc) is 2.37. The topological polar surface area (TPSA) is 61.3 Å². The third-order valence-electron chi connectivity index (χ3n) is 2.29. The predicted octanol–water partition coefficient (Wildman–Crippen LogP) is 2.02. The second-order valence-electron chi connectivity index (χ2n) is 3.85. The standard InChI is InChI=1S/C11H17ClF2N4O/c1-2-3-15-11-16-6-8(12)10(17-11)18(4-5-19)7-9(13)14/h6,9,19H,2-5,7H2,1H3,(H,15,16,17). The van der Waals surface area contributed by atoms with Crippen molar-refractivity contribution in [3.05, 3.63) is 11.2 Å². The summed E-state index contributed by atoms with van der Waals surface area (Å²) < 4.78 is 25.0. The van der Waals surface area contributed by atoms with E-state index < -0.39 is 13.0 Å². The molecule has 0 bridgehead atoms. The molecule has 1 heterocycles. The van der Waals surface area contributed by atoms with Gasteiger partial charge >= 0.3 is 0 Å². The van der Waals surface area contributed by atoms with Crippen LogP contribution in [0.4, 0.5) is 20.5 Å². The Morgan fingerprint density at radius 2 is 2.26 bits per heavy atom. The average molecular weight is 295 g/mol. The second-order valence-corrected chi connectivity index (χ2v) is 4.26. The minimum absolute atomic E-state index is 0.0360. The van der Waals surface area contributed by atoms with Crippen LogP contribution in [0.15, 0.2) is 6.20 Å². The van der Waals surface area contributed by atoms with Crippen molar-refractivity contribution in [1.29, 1.82) is 0 Å². The smallest absolute Gasteiger partial charge is 0.255 e. The van der Waals surface area contributed by atoms with E-state index in [0.29, 0.717) is 12.5 Å². The van der Waals surface area contributed by atoms with Gasteiger partial charge in [-0.05, 0) is 6.42 Å². The third-order valence-corrected chi connectivity index (χ3v) is 2.55. The molecular weight excluding hydrogens is 278 g/mol. The minimum atomic E-state index is -2.54. The predicted molar refractivity (Wildman–Crippen MR) is 71.1 cm³/mol. The fourth-order valence-electron chi connectivity index (χ4n) is 1.47. The number of halogens is 3. The van der Waals surface area contributed by atoms with Crippen LogP contribution in [0.3, 0.4) is 0 Å². The molecular formula is C11H17ClF2N4O. The second kappa shape index (κ2) is 8.06. The Kier molecular flexibility index (Phi) is 6.72. The molecule has 0 aliphatic heterocycles. The zero-order valence-corrected chi connectivity index (χ0v) is 11.4. The first-order chi connectivity index (χ1) is 9.08. The lowest BCUT2D eigenvalue weighted by molar-refractivity contribution is 0.152. The summed E-state index contributed by atoms with van der Waals surface area (Å²) in [5, 5.41) is 12.1. The Labute approximate surface area is 115 Å². The summed E-state index contributed by atoms with van der Waals surface area (Å²) in [6.45, 7) is 1.90. The first-order valence-corrected chi connectivity index (χ1v) is 6.36. The highest BCUT2D eigenvalue weighted by molar-refractivity contribution is 6.32. The molecule has 1 rings (SSSR count). The van der Waals surface area contributed by atoms with Gasteiger partial charge in [0.05, 0.1) is 19.3 Å². The minimum Gasteiger partial charge on any atom is -0.395 e. The van der Waals surface area contributed by atoms with Crippen LogP contribution in [-0.2, 0) is 0 Å². The van der Waals surface area contributed by atoms with E-state index in [2.05, 4.69) is 15.3 Å². The summed E-state index contributed by atoms with van der Waals surface area (Å²) in [7, 11) is 0. The highest BCUT2D eigenvalue weighted by atomic mass is 35.5. The number of nitrogens with one attached hydrogen (secondary N) is 1. The Balaban J connectivity index is 2.92. The molecule has 0 amide bonds. The lowest BCUT2D eigenvalue weighted by Crippen LogP contribution is -2.32. The molecule has 0 saturated carbocycles. The molecule has 0 aliphatic carbocycles. The first-order valence-electron chi connectivity index (χ1n) is 5.98. The molecule has 0 fully saturated rings. The van der Waals surface area contributed by atoms with Gasteiger partial charge in [-0.2, -0.15) is 4.98 Å². The number of anilines is 2. The first kappa shape index (κ1) is 15.8. The van der Waals surface area contributed by atoms with Gasteiger partial charge in [-0.25, -0.2) is 13.8 Å². The van der Waals surface area contributed by atoms with Gasteiger partial charge in [-0.1, -0.05) is 18.5 Å². The maximum absolute atomic E-state index is 12.5. The Bertz CT molecular complexity index is 395. The molecule has 1 aromatic heterocycles. The van der Waals surface area contributed by atoms with Crippen molar-refractivity contribution < 1.29 is 13.9 Å². The largest absolute Gasteiger partial charge is 0.395 e. The molecule has 0 aliphatic rings. The quantitative estimate of drug-likeness (QED) is 0.768. The summed E-state index contributed by atoms with van der Waals surface area (Å²) in [5.74, 6) is 0.531. The summed E-state index contributed by atoms with van der Waals surface area (Å²) in [4.78, 5) is 9.32. The summed E-state index contributed by atoms with van der Waals surface area (Å²) in [6.07, 6.45) is -0.291. The van der Waals surface area contributed by atoms with E-state index in [1.54, 1.807) is 0 Å². The van der Waals surface area contributed by atoms with Crippen LogP contribution in [0, 0.1) is 0 Å². The fraction of sp³-hybridized carbons (Fsp3) is 0.636. The SMILES string of the molecule is CCCNc1ncc(Cl)c(N(CCO)CC(F)F)n1. The van der Waals surface area contributed by atoms with Crippen molar-refractivity contribution in [1.82, 2.24) is 9.97 Å². The van der Waals surface area contributed by atoms with Crippen molar-refractivity contribution in [2.75, 3.05) is 36.5 Å². The van der Waals surface area contributed by atoms with E-state index >= 15 is 0 Å². The highest BCUT2D eigenvalue weighted by Gasteiger charge is 2.17. The molecule has 0 radical (unpaired) electrons. The van der Waals surface area contributed by atoms with Gasteiger partial charge in [-0.3, -0.25) is 0 Å². The lowest BCUT2D eigenvalue weighted by Gasteiger charge is -2.23. The molecule has 1 aromatic rings. The van der Waals surface area contributed by atoms with Crippen molar-refractivity contribution in [2.45, 2.75) is 19.8 Å². The van der Waals surface area contributed by atoms with Gasteiger partial charge in [0.15, 0.2) is 5.82 Å². The normalized spacial score (nSPS) is 10.8. The van der Waals surface area contributed by atoms with E-state index in [0.717, 1.165) is 6.42 Å². The Morgan fingerprint density at radius 1 is 1.53 bits per heavy atom. The van der Waals surface area contributed by atoms with Gasteiger partial charge in [0.1, 0.15) is 5.02 Å². The van der Waals surface area contributed by atoms with Crippen molar-refractivity contribution in [3.8, 4) is 0 Å². The number of aliphatic hydroxyl groups excluding tert-OH is 1. The number of hydrogen-bond acceptors (Lipinski definition) is 5. The van der Waals surface area contributed by atoms with E-state index in [9.17, 15) is 8.78 Å². The van der Waals surface area contributed by atoms with Crippen molar-refractivity contribution >= 4 is 23.4 Å². The van der Waals surface area contributed by atoms with Crippen LogP contribution in [0.25, 0.3) is 0 Å². The molecule has 19 heavy (non-hydrogen) atoms. The number of alkyl halides is 2. The molecule has 0 saturated heterocycles. The van der Waals surface area contributed by atoms with E-state index in [4.69, 9.17) is 16.7 Å². The number of rotatable bonds is 8. The van der Waals surface area contributed by atoms with Crippen molar-refractivity contribution in [2.24, 2.45) is 0 Å². The molecule has 0 atom stereocenters. The number of aromatic nitrogens is 2. The third kappa shape index (κ3) is 5.12. The summed E-state index contributed by atoms with van der Waals surface area (Å²) in [5.41, 5.74) is 0. The Morgan fingerprint density at radius 3 is 2.84 bits per heavy atom. The maximum atomic E-state index is 12.5. The molecule has 2 N–H and O–H groups in total. The molecule has 5 nitrogen and oxygen atoms in total.